The van der Waals surface area contributed by atoms with Gasteiger partial charge in [-0.25, -0.2) is 4.79 Å². The minimum Gasteiger partial charge on any atom is -0.480 e. The molecule has 1 atom stereocenters. The Morgan fingerprint density at radius 1 is 1.35 bits per heavy atom. The number of aliphatic carboxylic acids is 1. The van der Waals surface area contributed by atoms with E-state index in [1.54, 1.807) is 0 Å². The predicted molar refractivity (Wildman–Crippen MR) is 65.8 cm³/mol. The lowest BCUT2D eigenvalue weighted by Crippen LogP contribution is -2.43. The van der Waals surface area contributed by atoms with E-state index >= 15 is 0 Å². The van der Waals surface area contributed by atoms with Gasteiger partial charge in [-0.3, -0.25) is 19.7 Å². The maximum atomic E-state index is 11.8. The molecular formula is C11H11N3O6. The highest BCUT2D eigenvalue weighted by molar-refractivity contribution is 6.00. The first-order valence-corrected chi connectivity index (χ1v) is 5.38. The molecule has 0 fully saturated rings. The summed E-state index contributed by atoms with van der Waals surface area (Å²) in [5.41, 5.74) is 4.10. The number of nitrogens with one attached hydrogen (secondary N) is 1. The zero-order chi connectivity index (χ0) is 15.3. The molecular weight excluding hydrogens is 270 g/mol. The number of carbonyl (C=O) groups is 3. The van der Waals surface area contributed by atoms with Gasteiger partial charge in [0.15, 0.2) is 0 Å². The molecule has 0 aliphatic heterocycles. The van der Waals surface area contributed by atoms with Gasteiger partial charge in [-0.2, -0.15) is 0 Å². The van der Waals surface area contributed by atoms with Crippen LogP contribution in [0.1, 0.15) is 16.8 Å². The van der Waals surface area contributed by atoms with E-state index in [1.807, 2.05) is 5.32 Å². The summed E-state index contributed by atoms with van der Waals surface area (Å²) in [6, 6.07) is 3.51. The lowest BCUT2D eigenvalue weighted by molar-refractivity contribution is -0.385. The van der Waals surface area contributed by atoms with E-state index in [0.717, 1.165) is 6.07 Å². The number of hydrogen-bond donors (Lipinski definition) is 3. The average Bonchev–Trinajstić information content (AvgIpc) is 2.37. The summed E-state index contributed by atoms with van der Waals surface area (Å²) in [5, 5.41) is 21.6. The second-order valence-electron chi connectivity index (χ2n) is 3.81. The normalized spacial score (nSPS) is 11.4. The van der Waals surface area contributed by atoms with Gasteiger partial charge in [-0.05, 0) is 6.07 Å². The van der Waals surface area contributed by atoms with E-state index in [1.165, 1.54) is 18.2 Å². The van der Waals surface area contributed by atoms with Crippen LogP contribution < -0.4 is 11.1 Å². The Morgan fingerprint density at radius 3 is 2.45 bits per heavy atom. The second kappa shape index (κ2) is 6.27. The van der Waals surface area contributed by atoms with E-state index in [9.17, 15) is 24.5 Å². The molecule has 4 N–H and O–H groups in total. The third kappa shape index (κ3) is 3.77. The third-order valence-corrected chi connectivity index (χ3v) is 2.35. The van der Waals surface area contributed by atoms with Gasteiger partial charge in [-0.15, -0.1) is 0 Å². The SMILES string of the molecule is NC(=O)C[C@H](NC(=O)c1ccccc1[N+](=O)[O-])C(=O)O. The standard InChI is InChI=1S/C11H11N3O6/c12-9(15)5-7(11(17)18)13-10(16)6-3-1-2-4-8(6)14(19)20/h1-4,7H,5H2,(H2,12,15)(H,13,16)(H,17,18)/t7-/m0/s1. The van der Waals surface area contributed by atoms with Crippen LogP contribution in [0.4, 0.5) is 5.69 Å². The quantitative estimate of drug-likeness (QED) is 0.478. The van der Waals surface area contributed by atoms with Gasteiger partial charge in [0.1, 0.15) is 11.6 Å². The van der Waals surface area contributed by atoms with Gasteiger partial charge >= 0.3 is 5.97 Å². The Balaban J connectivity index is 2.98. The molecule has 0 aromatic heterocycles. The smallest absolute Gasteiger partial charge is 0.326 e. The van der Waals surface area contributed by atoms with Crippen molar-refractivity contribution >= 4 is 23.5 Å². The minimum absolute atomic E-state index is 0.298. The Labute approximate surface area is 112 Å². The molecule has 0 heterocycles. The number of para-hydroxylation sites is 1. The molecule has 0 aliphatic rings. The molecule has 9 nitrogen and oxygen atoms in total. The maximum Gasteiger partial charge on any atom is 0.326 e. The number of nitrogens with zero attached hydrogens (tertiary/aromatic N) is 1. The average molecular weight is 281 g/mol. The lowest BCUT2D eigenvalue weighted by atomic mass is 10.1. The number of rotatable bonds is 6. The summed E-state index contributed by atoms with van der Waals surface area (Å²) in [4.78, 5) is 43.4. The Kier molecular flexibility index (Phi) is 4.73. The summed E-state index contributed by atoms with van der Waals surface area (Å²) >= 11 is 0. The van der Waals surface area contributed by atoms with Crippen molar-refractivity contribution in [3.05, 3.63) is 39.9 Å². The number of hydrogen-bond acceptors (Lipinski definition) is 5. The van der Waals surface area contributed by atoms with Crippen LogP contribution in [-0.2, 0) is 9.59 Å². The molecule has 0 aliphatic carbocycles. The summed E-state index contributed by atoms with van der Waals surface area (Å²) in [6.07, 6.45) is -0.609. The van der Waals surface area contributed by atoms with E-state index in [0.29, 0.717) is 0 Å². The summed E-state index contributed by atoms with van der Waals surface area (Å²) in [7, 11) is 0. The Hall–Kier alpha value is -2.97. The van der Waals surface area contributed by atoms with E-state index < -0.39 is 40.9 Å². The molecule has 0 spiro atoms. The van der Waals surface area contributed by atoms with E-state index in [4.69, 9.17) is 10.8 Å². The molecule has 0 radical (unpaired) electrons. The number of nitro groups is 1. The zero-order valence-corrected chi connectivity index (χ0v) is 10.1. The van der Waals surface area contributed by atoms with Crippen molar-refractivity contribution in [2.24, 2.45) is 5.73 Å². The number of carbonyl (C=O) groups excluding carboxylic acids is 2. The molecule has 0 unspecified atom stereocenters. The molecule has 2 amide bonds. The van der Waals surface area contributed by atoms with Gasteiger partial charge in [-0.1, -0.05) is 12.1 Å². The fourth-order valence-electron chi connectivity index (χ4n) is 1.46. The zero-order valence-electron chi connectivity index (χ0n) is 10.1. The highest BCUT2D eigenvalue weighted by atomic mass is 16.6. The predicted octanol–water partition coefficient (Wildman–Crippen LogP) is -0.347. The molecule has 9 heteroatoms. The fourth-order valence-corrected chi connectivity index (χ4v) is 1.46. The van der Waals surface area contributed by atoms with Crippen LogP contribution in [0.3, 0.4) is 0 Å². The number of nitrogens with two attached hydrogens (primary N) is 1. The first-order chi connectivity index (χ1) is 9.32. The van der Waals surface area contributed by atoms with Crippen molar-refractivity contribution in [2.45, 2.75) is 12.5 Å². The molecule has 1 rings (SSSR count). The van der Waals surface area contributed by atoms with Crippen LogP contribution in [0.2, 0.25) is 0 Å². The van der Waals surface area contributed by atoms with Crippen molar-refractivity contribution < 1.29 is 24.4 Å². The van der Waals surface area contributed by atoms with Crippen LogP contribution in [0.5, 0.6) is 0 Å². The Morgan fingerprint density at radius 2 is 1.95 bits per heavy atom. The molecule has 20 heavy (non-hydrogen) atoms. The number of nitro benzene ring substituents is 1. The summed E-state index contributed by atoms with van der Waals surface area (Å²) < 4.78 is 0. The van der Waals surface area contributed by atoms with E-state index in [-0.39, 0.29) is 5.56 Å². The topological polar surface area (TPSA) is 153 Å². The van der Waals surface area contributed by atoms with Crippen molar-refractivity contribution in [3.63, 3.8) is 0 Å². The summed E-state index contributed by atoms with van der Waals surface area (Å²) in [5.74, 6) is -3.35. The Bertz CT molecular complexity index is 571. The van der Waals surface area contributed by atoms with E-state index in [2.05, 4.69) is 0 Å². The van der Waals surface area contributed by atoms with Crippen molar-refractivity contribution in [1.82, 2.24) is 5.32 Å². The number of primary amides is 1. The first-order valence-electron chi connectivity index (χ1n) is 5.38. The number of amides is 2. The van der Waals surface area contributed by atoms with Crippen molar-refractivity contribution in [2.75, 3.05) is 0 Å². The van der Waals surface area contributed by atoms with Gasteiger partial charge in [0.25, 0.3) is 11.6 Å². The molecule has 1 aromatic carbocycles. The maximum absolute atomic E-state index is 11.8. The van der Waals surface area contributed by atoms with Crippen molar-refractivity contribution in [3.8, 4) is 0 Å². The molecule has 106 valence electrons. The van der Waals surface area contributed by atoms with Gasteiger partial charge in [0, 0.05) is 6.07 Å². The monoisotopic (exact) mass is 281 g/mol. The highest BCUT2D eigenvalue weighted by Gasteiger charge is 2.26. The molecule has 0 saturated heterocycles. The first kappa shape index (κ1) is 15.1. The number of carboxylic acids is 1. The van der Waals surface area contributed by atoms with Crippen LogP contribution >= 0.6 is 0 Å². The largest absolute Gasteiger partial charge is 0.480 e. The molecule has 0 bridgehead atoms. The van der Waals surface area contributed by atoms with Gasteiger partial charge in [0.2, 0.25) is 5.91 Å². The second-order valence-corrected chi connectivity index (χ2v) is 3.81. The summed E-state index contributed by atoms with van der Waals surface area (Å²) in [6.45, 7) is 0. The van der Waals surface area contributed by atoms with Gasteiger partial charge in [0.05, 0.1) is 11.3 Å². The number of carboxylic acid groups (broad SMARTS) is 1. The lowest BCUT2D eigenvalue weighted by Gasteiger charge is -2.12. The minimum atomic E-state index is -1.54. The van der Waals surface area contributed by atoms with Crippen LogP contribution in [0, 0.1) is 10.1 Å². The van der Waals surface area contributed by atoms with Crippen LogP contribution in [0.25, 0.3) is 0 Å². The van der Waals surface area contributed by atoms with Crippen LogP contribution in [-0.4, -0.2) is 33.9 Å². The van der Waals surface area contributed by atoms with Gasteiger partial charge < -0.3 is 16.2 Å². The van der Waals surface area contributed by atoms with Crippen molar-refractivity contribution in [1.29, 1.82) is 0 Å². The number of benzene rings is 1. The fraction of sp³-hybridized carbons (Fsp3) is 0.182. The molecule has 0 saturated carbocycles. The van der Waals surface area contributed by atoms with Crippen LogP contribution in [0.15, 0.2) is 24.3 Å². The highest BCUT2D eigenvalue weighted by Crippen LogP contribution is 2.17. The molecule has 1 aromatic rings. The third-order valence-electron chi connectivity index (χ3n) is 2.35.